The number of aryl methyl sites for hydroxylation is 1. The number of hydrogen-bond acceptors (Lipinski definition) is 2. The molecule has 1 rings (SSSR count). The maximum atomic E-state index is 11.7. The van der Waals surface area contributed by atoms with E-state index in [9.17, 15) is 9.90 Å². The molecule has 3 nitrogen and oxygen atoms in total. The summed E-state index contributed by atoms with van der Waals surface area (Å²) in [6.45, 7) is 2.16. The molecular formula is C14H19KO3. The quantitative estimate of drug-likeness (QED) is 0.561. The summed E-state index contributed by atoms with van der Waals surface area (Å²) >= 11 is 0. The van der Waals surface area contributed by atoms with Gasteiger partial charge in [-0.25, -0.2) is 4.79 Å². The molecule has 0 atom stereocenters. The zero-order valence-corrected chi connectivity index (χ0v) is 14.4. The smallest absolute Gasteiger partial charge is 0.872 e. The zero-order valence-electron chi connectivity index (χ0n) is 11.2. The summed E-state index contributed by atoms with van der Waals surface area (Å²) in [5.74, 6) is -1.46. The Bertz CT molecular complexity index is 377. The Labute approximate surface area is 151 Å². The largest absolute Gasteiger partial charge is 1.00 e. The van der Waals surface area contributed by atoms with Gasteiger partial charge in [0.2, 0.25) is 0 Å². The minimum absolute atomic E-state index is 0. The van der Waals surface area contributed by atoms with Crippen molar-refractivity contribution in [2.24, 2.45) is 0 Å². The van der Waals surface area contributed by atoms with Gasteiger partial charge in [0.05, 0.1) is 5.56 Å². The van der Waals surface area contributed by atoms with Gasteiger partial charge in [-0.3, -0.25) is 0 Å². The number of benzene rings is 1. The maximum absolute atomic E-state index is 11.7. The number of carboxylic acid groups (broad SMARTS) is 1. The molecule has 94 valence electrons. The molecule has 0 aliphatic rings. The van der Waals surface area contributed by atoms with Crippen molar-refractivity contribution in [2.45, 2.75) is 45.4 Å². The first-order valence-electron chi connectivity index (χ1n) is 6.19. The van der Waals surface area contributed by atoms with Gasteiger partial charge < -0.3 is 10.2 Å². The van der Waals surface area contributed by atoms with Crippen molar-refractivity contribution in [1.82, 2.24) is 0 Å². The fourth-order valence-electron chi connectivity index (χ4n) is 1.87. The van der Waals surface area contributed by atoms with Crippen LogP contribution in [0.4, 0.5) is 0 Å². The van der Waals surface area contributed by atoms with Crippen LogP contribution in [-0.2, 0) is 6.42 Å². The summed E-state index contributed by atoms with van der Waals surface area (Å²) in [5.41, 5.74) is 0.512. The van der Waals surface area contributed by atoms with Crippen LogP contribution in [0.25, 0.3) is 0 Å². The number of para-hydroxylation sites is 1. The van der Waals surface area contributed by atoms with Gasteiger partial charge in [-0.2, -0.15) is 0 Å². The third-order valence-corrected chi connectivity index (χ3v) is 2.88. The van der Waals surface area contributed by atoms with Crippen molar-refractivity contribution in [3.63, 3.8) is 0 Å². The van der Waals surface area contributed by atoms with E-state index in [1.54, 1.807) is 12.1 Å². The van der Waals surface area contributed by atoms with E-state index >= 15 is 0 Å². The van der Waals surface area contributed by atoms with Gasteiger partial charge in [-0.1, -0.05) is 56.1 Å². The molecule has 0 unspecified atom stereocenters. The van der Waals surface area contributed by atoms with Crippen molar-refractivity contribution in [3.05, 3.63) is 29.3 Å². The van der Waals surface area contributed by atoms with Gasteiger partial charge in [0, 0.05) is 0 Å². The first-order chi connectivity index (χ1) is 8.16. The Morgan fingerprint density at radius 3 is 2.50 bits per heavy atom. The first-order valence-corrected chi connectivity index (χ1v) is 6.19. The Kier molecular flexibility index (Phi) is 10.0. The van der Waals surface area contributed by atoms with Crippen molar-refractivity contribution in [2.75, 3.05) is 0 Å². The molecular weight excluding hydrogens is 255 g/mol. The zero-order chi connectivity index (χ0) is 12.7. The molecule has 0 amide bonds. The fraction of sp³-hybridized carbons (Fsp3) is 0.500. The van der Waals surface area contributed by atoms with Gasteiger partial charge in [0.25, 0.3) is 0 Å². The first kappa shape index (κ1) is 18.1. The summed E-state index contributed by atoms with van der Waals surface area (Å²) < 4.78 is 0. The van der Waals surface area contributed by atoms with E-state index in [0.29, 0.717) is 12.0 Å². The minimum Gasteiger partial charge on any atom is -0.872 e. The molecule has 0 bridgehead atoms. The Balaban J connectivity index is 0.00000289. The summed E-state index contributed by atoms with van der Waals surface area (Å²) in [5, 5.41) is 20.6. The van der Waals surface area contributed by atoms with Crippen LogP contribution < -0.4 is 56.5 Å². The minimum atomic E-state index is -1.14. The average Bonchev–Trinajstić information content (AvgIpc) is 2.30. The summed E-state index contributed by atoms with van der Waals surface area (Å²) in [6, 6.07) is 4.74. The van der Waals surface area contributed by atoms with Crippen LogP contribution in [-0.4, -0.2) is 11.1 Å². The SMILES string of the molecule is CCCCCCCc1cccc(C(=O)O)c1[O-].[K+]. The molecule has 1 N–H and O–H groups in total. The van der Waals surface area contributed by atoms with Crippen molar-refractivity contribution in [3.8, 4) is 5.75 Å². The molecule has 0 saturated carbocycles. The molecule has 0 aliphatic carbocycles. The monoisotopic (exact) mass is 274 g/mol. The van der Waals surface area contributed by atoms with Gasteiger partial charge >= 0.3 is 57.4 Å². The topological polar surface area (TPSA) is 60.4 Å². The number of unbranched alkanes of at least 4 members (excludes halogenated alkanes) is 4. The average molecular weight is 274 g/mol. The van der Waals surface area contributed by atoms with Crippen LogP contribution in [0, 0.1) is 0 Å². The second-order valence-corrected chi connectivity index (χ2v) is 4.26. The Morgan fingerprint density at radius 1 is 1.22 bits per heavy atom. The Hall–Kier alpha value is 0.126. The van der Waals surface area contributed by atoms with Gasteiger partial charge in [0.15, 0.2) is 0 Å². The van der Waals surface area contributed by atoms with Crippen LogP contribution in [0.3, 0.4) is 0 Å². The van der Waals surface area contributed by atoms with Crippen LogP contribution in [0.1, 0.15) is 54.9 Å². The number of carboxylic acids is 1. The molecule has 0 fully saturated rings. The van der Waals surface area contributed by atoms with E-state index in [0.717, 1.165) is 12.8 Å². The van der Waals surface area contributed by atoms with Gasteiger partial charge in [-0.05, 0) is 18.9 Å². The number of rotatable bonds is 7. The molecule has 0 spiro atoms. The number of carbonyl (C=O) groups is 1. The van der Waals surface area contributed by atoms with Crippen LogP contribution in [0.15, 0.2) is 18.2 Å². The third-order valence-electron chi connectivity index (χ3n) is 2.88. The Morgan fingerprint density at radius 2 is 1.89 bits per heavy atom. The van der Waals surface area contributed by atoms with Crippen LogP contribution >= 0.6 is 0 Å². The predicted molar refractivity (Wildman–Crippen MR) is 65.3 cm³/mol. The molecule has 0 heterocycles. The van der Waals surface area contributed by atoms with E-state index in [-0.39, 0.29) is 62.7 Å². The van der Waals surface area contributed by atoms with E-state index < -0.39 is 5.97 Å². The van der Waals surface area contributed by atoms with Crippen LogP contribution in [0.2, 0.25) is 0 Å². The molecule has 1 aromatic rings. The molecule has 0 radical (unpaired) electrons. The second-order valence-electron chi connectivity index (χ2n) is 4.26. The van der Waals surface area contributed by atoms with E-state index in [4.69, 9.17) is 5.11 Å². The number of aromatic carboxylic acids is 1. The molecule has 1 aromatic carbocycles. The summed E-state index contributed by atoms with van der Waals surface area (Å²) in [6.07, 6.45) is 6.34. The third kappa shape index (κ3) is 5.84. The predicted octanol–water partition coefficient (Wildman–Crippen LogP) is -0.0247. The second kappa shape index (κ2) is 9.98. The molecule has 0 saturated heterocycles. The standard InChI is InChI=1S/C14H20O3.K/c1-2-3-4-5-6-8-11-9-7-10-12(13(11)15)14(16)17;/h7,9-10,15H,2-6,8H2,1H3,(H,16,17);/q;+1/p-1. The fourth-order valence-corrected chi connectivity index (χ4v) is 1.87. The summed E-state index contributed by atoms with van der Waals surface area (Å²) in [4.78, 5) is 10.8. The van der Waals surface area contributed by atoms with Crippen molar-refractivity contribution >= 4 is 5.97 Å². The maximum Gasteiger partial charge on any atom is 1.00 e. The van der Waals surface area contributed by atoms with Crippen molar-refractivity contribution in [1.29, 1.82) is 0 Å². The van der Waals surface area contributed by atoms with Gasteiger partial charge in [-0.15, -0.1) is 0 Å². The van der Waals surface area contributed by atoms with E-state index in [2.05, 4.69) is 6.92 Å². The van der Waals surface area contributed by atoms with Gasteiger partial charge in [0.1, 0.15) is 0 Å². The molecule has 18 heavy (non-hydrogen) atoms. The van der Waals surface area contributed by atoms with Crippen molar-refractivity contribution < 1.29 is 66.4 Å². The van der Waals surface area contributed by atoms with E-state index in [1.165, 1.54) is 25.3 Å². The van der Waals surface area contributed by atoms with E-state index in [1.807, 2.05) is 0 Å². The number of hydrogen-bond donors (Lipinski definition) is 1. The normalized spacial score (nSPS) is 9.83. The summed E-state index contributed by atoms with van der Waals surface area (Å²) in [7, 11) is 0. The molecule has 0 aromatic heterocycles. The molecule has 0 aliphatic heterocycles. The van der Waals surface area contributed by atoms with Crippen LogP contribution in [0.5, 0.6) is 5.75 Å². The molecule has 4 heteroatoms.